The number of esters is 1. The Bertz CT molecular complexity index is 2060. The van der Waals surface area contributed by atoms with Gasteiger partial charge < -0.3 is 14.4 Å². The number of cyclic esters (lactones) is 1. The smallest absolute Gasteiger partial charge is 0.410 e. The Labute approximate surface area is 349 Å². The SMILES string of the molecule is C=C[C@@H]1C[C@]1(CC(=O)[C@@H]1C[C@@H]2CN1C(=O)[C@H](C(C)(C)C)CC(=O)OCC(C)(C)CCCCc1cccc3c1CN(C3)C(=O)O2)C(=O)NS(=O)(=O)N(C)Cc1ccccc1. The van der Waals surface area contributed by atoms with E-state index >= 15 is 0 Å². The molecule has 4 bridgehead atoms. The van der Waals surface area contributed by atoms with Crippen LogP contribution in [0.2, 0.25) is 0 Å². The van der Waals surface area contributed by atoms with Crippen LogP contribution in [-0.2, 0) is 64.9 Å². The Morgan fingerprint density at radius 1 is 1.02 bits per heavy atom. The summed E-state index contributed by atoms with van der Waals surface area (Å²) in [6, 6.07) is 14.0. The molecule has 3 amide bonds. The average molecular weight is 833 g/mol. The van der Waals surface area contributed by atoms with E-state index in [4.69, 9.17) is 9.47 Å². The fourth-order valence-electron chi connectivity index (χ4n) is 8.80. The van der Waals surface area contributed by atoms with Crippen molar-refractivity contribution in [1.29, 1.82) is 0 Å². The number of amides is 3. The molecule has 59 heavy (non-hydrogen) atoms. The number of aryl methyl sites for hydroxylation is 1. The molecule has 13 nitrogen and oxygen atoms in total. The van der Waals surface area contributed by atoms with Crippen LogP contribution in [0.1, 0.15) is 102 Å². The van der Waals surface area contributed by atoms with E-state index in [1.54, 1.807) is 35.2 Å². The lowest BCUT2D eigenvalue weighted by Gasteiger charge is -2.35. The number of Topliss-reactive ketones (excluding diaryl/α,β-unsaturated/α-hetero) is 1. The van der Waals surface area contributed by atoms with E-state index in [0.29, 0.717) is 13.1 Å². The van der Waals surface area contributed by atoms with E-state index in [0.717, 1.165) is 46.7 Å². The lowest BCUT2D eigenvalue weighted by Crippen LogP contribution is -2.49. The highest BCUT2D eigenvalue weighted by atomic mass is 32.2. The van der Waals surface area contributed by atoms with Gasteiger partial charge in [-0.2, -0.15) is 12.7 Å². The monoisotopic (exact) mass is 832 g/mol. The fraction of sp³-hybridized carbons (Fsp3) is 0.578. The highest BCUT2D eigenvalue weighted by molar-refractivity contribution is 7.87. The minimum atomic E-state index is -4.30. The maximum absolute atomic E-state index is 14.7. The number of ether oxygens (including phenoxy) is 2. The minimum Gasteiger partial charge on any atom is -0.465 e. The standard InChI is InChI=1S/C45H60N4O9S/c1-8-33-23-45(33,41(53)46-59(55,56)47(7)25-30-15-10-9-11-16-30)24-38(50)37-21-34-27-49(37)40(52)36(43(2,3)4)22-39(51)57-29-44(5,6)20-13-12-17-31-18-14-19-32-26-48(28-35(31)32)42(54)58-34/h8-11,14-16,18-19,33-34,36-37H,1,12-13,17,20-29H2,2-7H3,(H,46,53)/t33-,34-,36-,37+,45-/m1/s1. The molecule has 0 unspecified atom stereocenters. The van der Waals surface area contributed by atoms with E-state index in [1.807, 2.05) is 39.0 Å². The summed E-state index contributed by atoms with van der Waals surface area (Å²) >= 11 is 0. The zero-order valence-electron chi connectivity index (χ0n) is 35.3. The first-order chi connectivity index (χ1) is 27.7. The number of hydrogen-bond acceptors (Lipinski definition) is 9. The summed E-state index contributed by atoms with van der Waals surface area (Å²) in [7, 11) is -2.94. The molecular weight excluding hydrogens is 773 g/mol. The van der Waals surface area contributed by atoms with Crippen LogP contribution in [0, 0.1) is 28.1 Å². The molecule has 2 fully saturated rings. The molecule has 320 valence electrons. The van der Waals surface area contributed by atoms with Crippen molar-refractivity contribution >= 4 is 39.9 Å². The third kappa shape index (κ3) is 10.1. The Hall–Kier alpha value is -4.56. The van der Waals surface area contributed by atoms with E-state index in [2.05, 4.69) is 31.2 Å². The predicted molar refractivity (Wildman–Crippen MR) is 221 cm³/mol. The summed E-state index contributed by atoms with van der Waals surface area (Å²) in [6.07, 6.45) is 3.25. The molecule has 1 saturated carbocycles. The van der Waals surface area contributed by atoms with Gasteiger partial charge in [0.15, 0.2) is 5.78 Å². The molecule has 4 aliphatic rings. The van der Waals surface area contributed by atoms with Gasteiger partial charge in [0.1, 0.15) is 6.10 Å². The summed E-state index contributed by atoms with van der Waals surface area (Å²) in [6.45, 7) is 14.4. The number of allylic oxidation sites excluding steroid dienone is 1. The molecule has 14 heteroatoms. The van der Waals surface area contributed by atoms with Gasteiger partial charge in [0, 0.05) is 39.5 Å². The third-order valence-corrected chi connectivity index (χ3v) is 14.0. The highest BCUT2D eigenvalue weighted by Gasteiger charge is 2.61. The summed E-state index contributed by atoms with van der Waals surface area (Å²) in [5.41, 5.74) is 1.64. The van der Waals surface area contributed by atoms with Crippen LogP contribution in [0.5, 0.6) is 0 Å². The van der Waals surface area contributed by atoms with Gasteiger partial charge in [-0.25, -0.2) is 9.52 Å². The maximum Gasteiger partial charge on any atom is 0.410 e. The Balaban J connectivity index is 1.26. The zero-order chi connectivity index (χ0) is 42.9. The second-order valence-electron chi connectivity index (χ2n) is 18.8. The van der Waals surface area contributed by atoms with Gasteiger partial charge in [0.2, 0.25) is 11.8 Å². The molecule has 0 aromatic heterocycles. The zero-order valence-corrected chi connectivity index (χ0v) is 36.1. The van der Waals surface area contributed by atoms with Crippen LogP contribution < -0.4 is 4.72 Å². The van der Waals surface area contributed by atoms with Gasteiger partial charge in [-0.05, 0) is 64.7 Å². The predicted octanol–water partition coefficient (Wildman–Crippen LogP) is 6.10. The molecule has 1 N–H and O–H groups in total. The van der Waals surface area contributed by atoms with Gasteiger partial charge in [0.25, 0.3) is 0 Å². The highest BCUT2D eigenvalue weighted by Crippen LogP contribution is 2.57. The molecular formula is C45H60N4O9S. The van der Waals surface area contributed by atoms with E-state index in [1.165, 1.54) is 17.5 Å². The van der Waals surface area contributed by atoms with Crippen molar-refractivity contribution < 1.29 is 41.9 Å². The fourth-order valence-corrected chi connectivity index (χ4v) is 9.71. The van der Waals surface area contributed by atoms with Crippen molar-refractivity contribution in [3.63, 3.8) is 0 Å². The van der Waals surface area contributed by atoms with Crippen LogP contribution >= 0.6 is 0 Å². The Kier molecular flexibility index (Phi) is 12.8. The van der Waals surface area contributed by atoms with Crippen LogP contribution in [0.25, 0.3) is 0 Å². The normalized spacial score (nSPS) is 26.5. The van der Waals surface area contributed by atoms with Gasteiger partial charge in [0.05, 0.1) is 36.9 Å². The maximum atomic E-state index is 14.7. The number of carbonyl (C=O) groups is 5. The molecule has 6 rings (SSSR count). The largest absolute Gasteiger partial charge is 0.465 e. The number of rotatable bonds is 9. The number of nitrogens with one attached hydrogen (secondary N) is 1. The van der Waals surface area contributed by atoms with Gasteiger partial charge in [-0.1, -0.05) is 95.6 Å². The molecule has 5 atom stereocenters. The molecule has 0 radical (unpaired) electrons. The van der Waals surface area contributed by atoms with E-state index in [-0.39, 0.29) is 50.8 Å². The summed E-state index contributed by atoms with van der Waals surface area (Å²) in [5.74, 6) is -3.65. The van der Waals surface area contributed by atoms with Crippen LogP contribution in [0.3, 0.4) is 0 Å². The molecule has 1 aliphatic carbocycles. The quantitative estimate of drug-likeness (QED) is 0.233. The van der Waals surface area contributed by atoms with Crippen molar-refractivity contribution in [2.24, 2.45) is 28.1 Å². The number of benzene rings is 2. The first-order valence-electron chi connectivity index (χ1n) is 20.7. The first-order valence-corrected chi connectivity index (χ1v) is 22.2. The molecule has 2 aromatic rings. The first kappa shape index (κ1) is 44.0. The third-order valence-electron chi connectivity index (χ3n) is 12.7. The summed E-state index contributed by atoms with van der Waals surface area (Å²) in [5, 5.41) is 0. The molecule has 1 saturated heterocycles. The molecule has 3 heterocycles. The number of carbonyl (C=O) groups excluding carboxylic acids is 5. The summed E-state index contributed by atoms with van der Waals surface area (Å²) in [4.78, 5) is 73.5. The lowest BCUT2D eigenvalue weighted by molar-refractivity contribution is -0.155. The second kappa shape index (κ2) is 17.2. The van der Waals surface area contributed by atoms with Crippen molar-refractivity contribution in [3.05, 3.63) is 83.4 Å². The second-order valence-corrected chi connectivity index (χ2v) is 20.6. The number of fused-ring (bicyclic) bond motifs is 3. The van der Waals surface area contributed by atoms with Crippen LogP contribution in [-0.4, -0.2) is 84.5 Å². The van der Waals surface area contributed by atoms with Crippen molar-refractivity contribution in [2.75, 3.05) is 20.2 Å². The number of ketones is 1. The molecule has 0 spiro atoms. The molecule has 2 aromatic carbocycles. The van der Waals surface area contributed by atoms with Gasteiger partial charge in [-0.3, -0.25) is 24.1 Å². The van der Waals surface area contributed by atoms with Crippen molar-refractivity contribution in [3.8, 4) is 0 Å². The molecule has 3 aliphatic heterocycles. The number of nitrogens with zero attached hydrogens (tertiary/aromatic N) is 3. The van der Waals surface area contributed by atoms with Crippen LogP contribution in [0.15, 0.2) is 61.2 Å². The van der Waals surface area contributed by atoms with Gasteiger partial charge in [-0.15, -0.1) is 6.58 Å². The van der Waals surface area contributed by atoms with Gasteiger partial charge >= 0.3 is 22.3 Å². The Morgan fingerprint density at radius 2 is 1.73 bits per heavy atom. The van der Waals surface area contributed by atoms with Crippen LogP contribution in [0.4, 0.5) is 4.79 Å². The van der Waals surface area contributed by atoms with E-state index in [9.17, 15) is 32.4 Å². The van der Waals surface area contributed by atoms with Crippen molar-refractivity contribution in [1.82, 2.24) is 18.8 Å². The number of hydrogen-bond donors (Lipinski definition) is 1. The van der Waals surface area contributed by atoms with Crippen molar-refractivity contribution in [2.45, 2.75) is 118 Å². The topological polar surface area (TPSA) is 160 Å². The Morgan fingerprint density at radius 3 is 2.41 bits per heavy atom. The van der Waals surface area contributed by atoms with E-state index < -0.39 is 74.7 Å². The average Bonchev–Trinajstić information content (AvgIpc) is 3.46. The minimum absolute atomic E-state index is 0.0183. The lowest BCUT2D eigenvalue weighted by atomic mass is 9.77. The summed E-state index contributed by atoms with van der Waals surface area (Å²) < 4.78 is 41.9.